The van der Waals surface area contributed by atoms with Gasteiger partial charge in [-0.05, 0) is 17.7 Å². The molecule has 102 valence electrons. The molecule has 5 heteroatoms. The summed E-state index contributed by atoms with van der Waals surface area (Å²) < 4.78 is 16.4. The first-order valence-electron chi connectivity index (χ1n) is 6.40. The first kappa shape index (κ1) is 12.9. The molecule has 0 bridgehead atoms. The summed E-state index contributed by atoms with van der Waals surface area (Å²) >= 11 is 6.13. The van der Waals surface area contributed by atoms with Gasteiger partial charge in [0.05, 0.1) is 25.9 Å². The molecule has 1 fully saturated rings. The molecule has 0 aliphatic carbocycles. The van der Waals surface area contributed by atoms with Crippen LogP contribution in [0.5, 0.6) is 0 Å². The van der Waals surface area contributed by atoms with Crippen LogP contribution in [0, 0.1) is 0 Å². The molecule has 1 saturated heterocycles. The third-order valence-corrected chi connectivity index (χ3v) is 3.51. The Bertz CT molecular complexity index is 549. The lowest BCUT2D eigenvalue weighted by Crippen LogP contribution is -2.37. The van der Waals surface area contributed by atoms with Crippen molar-refractivity contribution in [2.24, 2.45) is 0 Å². The van der Waals surface area contributed by atoms with Crippen LogP contribution in [0.4, 0.5) is 0 Å². The van der Waals surface area contributed by atoms with Crippen LogP contribution < -0.4 is 5.32 Å². The second-order valence-corrected chi connectivity index (χ2v) is 4.89. The van der Waals surface area contributed by atoms with Crippen LogP contribution in [0.3, 0.4) is 0 Å². The standard InChI is InChI=1S/C14H16ClNO3/c15-14-12(11-3-1-2-4-13(11)19-14)8-16-7-10-9-17-5-6-18-10/h1-4,10,16H,5-9H2. The number of fused-ring (bicyclic) bond motifs is 1. The van der Waals surface area contributed by atoms with Crippen molar-refractivity contribution in [1.29, 1.82) is 0 Å². The maximum Gasteiger partial charge on any atom is 0.199 e. The number of nitrogens with one attached hydrogen (secondary N) is 1. The highest BCUT2D eigenvalue weighted by Gasteiger charge is 2.15. The van der Waals surface area contributed by atoms with Gasteiger partial charge in [-0.3, -0.25) is 0 Å². The molecular formula is C14H16ClNO3. The SMILES string of the molecule is Clc1oc2ccccc2c1CNCC1COCCO1. The topological polar surface area (TPSA) is 43.6 Å². The van der Waals surface area contributed by atoms with E-state index in [4.69, 9.17) is 25.5 Å². The number of para-hydroxylation sites is 1. The van der Waals surface area contributed by atoms with Crippen LogP contribution in [0.25, 0.3) is 11.0 Å². The zero-order chi connectivity index (χ0) is 13.1. The van der Waals surface area contributed by atoms with Crippen molar-refractivity contribution in [2.75, 3.05) is 26.4 Å². The summed E-state index contributed by atoms with van der Waals surface area (Å²) in [7, 11) is 0. The predicted molar refractivity (Wildman–Crippen MR) is 73.5 cm³/mol. The highest BCUT2D eigenvalue weighted by Crippen LogP contribution is 2.29. The van der Waals surface area contributed by atoms with Crippen LogP contribution in [0.15, 0.2) is 28.7 Å². The molecule has 0 amide bonds. The van der Waals surface area contributed by atoms with Gasteiger partial charge in [-0.1, -0.05) is 18.2 Å². The Labute approximate surface area is 116 Å². The summed E-state index contributed by atoms with van der Waals surface area (Å²) in [4.78, 5) is 0. The predicted octanol–water partition coefficient (Wildman–Crippen LogP) is 2.59. The van der Waals surface area contributed by atoms with E-state index < -0.39 is 0 Å². The summed E-state index contributed by atoms with van der Waals surface area (Å²) in [6.45, 7) is 3.41. The van der Waals surface area contributed by atoms with E-state index in [9.17, 15) is 0 Å². The minimum absolute atomic E-state index is 0.116. The molecule has 19 heavy (non-hydrogen) atoms. The maximum atomic E-state index is 6.13. The van der Waals surface area contributed by atoms with Gasteiger partial charge in [-0.15, -0.1) is 0 Å². The van der Waals surface area contributed by atoms with Crippen LogP contribution in [-0.4, -0.2) is 32.5 Å². The third kappa shape index (κ3) is 2.92. The molecule has 0 saturated carbocycles. The molecule has 1 aromatic heterocycles. The number of benzene rings is 1. The number of rotatable bonds is 4. The molecule has 4 nitrogen and oxygen atoms in total. The van der Waals surface area contributed by atoms with Gasteiger partial charge in [0.2, 0.25) is 0 Å². The fourth-order valence-electron chi connectivity index (χ4n) is 2.25. The lowest BCUT2D eigenvalue weighted by molar-refractivity contribution is -0.0864. The molecule has 1 atom stereocenters. The lowest BCUT2D eigenvalue weighted by atomic mass is 10.2. The first-order chi connectivity index (χ1) is 9.34. The van der Waals surface area contributed by atoms with Crippen molar-refractivity contribution in [3.05, 3.63) is 35.0 Å². The molecule has 1 aromatic carbocycles. The maximum absolute atomic E-state index is 6.13. The van der Waals surface area contributed by atoms with Gasteiger partial charge >= 0.3 is 0 Å². The molecule has 2 aromatic rings. The Morgan fingerprint density at radius 2 is 2.16 bits per heavy atom. The van der Waals surface area contributed by atoms with Crippen LogP contribution in [0.1, 0.15) is 5.56 Å². The van der Waals surface area contributed by atoms with E-state index >= 15 is 0 Å². The van der Waals surface area contributed by atoms with Gasteiger partial charge < -0.3 is 19.2 Å². The fraction of sp³-hybridized carbons (Fsp3) is 0.429. The number of ether oxygens (including phenoxy) is 2. The monoisotopic (exact) mass is 281 g/mol. The summed E-state index contributed by atoms with van der Waals surface area (Å²) in [6, 6.07) is 7.85. The largest absolute Gasteiger partial charge is 0.444 e. The summed E-state index contributed by atoms with van der Waals surface area (Å²) in [5, 5.41) is 4.85. The normalized spacial score (nSPS) is 19.9. The van der Waals surface area contributed by atoms with Crippen LogP contribution in [0.2, 0.25) is 5.22 Å². The molecule has 1 unspecified atom stereocenters. The summed E-state index contributed by atoms with van der Waals surface area (Å²) in [6.07, 6.45) is 0.116. The van der Waals surface area contributed by atoms with E-state index in [2.05, 4.69) is 5.32 Å². The van der Waals surface area contributed by atoms with Crippen molar-refractivity contribution < 1.29 is 13.9 Å². The Kier molecular flexibility index (Phi) is 4.03. The Hall–Kier alpha value is -1.07. The van der Waals surface area contributed by atoms with E-state index in [0.717, 1.165) is 23.1 Å². The smallest absolute Gasteiger partial charge is 0.199 e. The van der Waals surface area contributed by atoms with E-state index in [1.54, 1.807) is 0 Å². The van der Waals surface area contributed by atoms with Gasteiger partial charge in [0.1, 0.15) is 5.58 Å². The minimum atomic E-state index is 0.116. The average molecular weight is 282 g/mol. The Morgan fingerprint density at radius 3 is 3.00 bits per heavy atom. The number of halogens is 1. The number of hydrogen-bond acceptors (Lipinski definition) is 4. The van der Waals surface area contributed by atoms with E-state index in [1.165, 1.54) is 0 Å². The van der Waals surface area contributed by atoms with Gasteiger partial charge in [0.15, 0.2) is 5.22 Å². The van der Waals surface area contributed by atoms with Gasteiger partial charge in [-0.2, -0.15) is 0 Å². The zero-order valence-corrected chi connectivity index (χ0v) is 11.3. The molecule has 1 aliphatic rings. The van der Waals surface area contributed by atoms with Gasteiger partial charge in [0, 0.05) is 24.0 Å². The molecule has 3 rings (SSSR count). The average Bonchev–Trinajstić information content (AvgIpc) is 2.76. The van der Waals surface area contributed by atoms with Crippen molar-refractivity contribution in [3.63, 3.8) is 0 Å². The molecule has 0 radical (unpaired) electrons. The quantitative estimate of drug-likeness (QED) is 0.935. The second kappa shape index (κ2) is 5.92. The Balaban J connectivity index is 1.63. The Morgan fingerprint density at radius 1 is 1.26 bits per heavy atom. The fourth-order valence-corrected chi connectivity index (χ4v) is 2.50. The molecule has 1 N–H and O–H groups in total. The summed E-state index contributed by atoms with van der Waals surface area (Å²) in [5.41, 5.74) is 1.82. The van der Waals surface area contributed by atoms with Crippen molar-refractivity contribution in [2.45, 2.75) is 12.6 Å². The van der Waals surface area contributed by atoms with Gasteiger partial charge in [-0.25, -0.2) is 0 Å². The van der Waals surface area contributed by atoms with E-state index in [0.29, 0.717) is 31.6 Å². The van der Waals surface area contributed by atoms with Crippen molar-refractivity contribution in [1.82, 2.24) is 5.32 Å². The molecular weight excluding hydrogens is 266 g/mol. The van der Waals surface area contributed by atoms with E-state index in [-0.39, 0.29) is 6.10 Å². The second-order valence-electron chi connectivity index (χ2n) is 4.55. The van der Waals surface area contributed by atoms with E-state index in [1.807, 2.05) is 24.3 Å². The first-order valence-corrected chi connectivity index (χ1v) is 6.78. The molecule has 1 aliphatic heterocycles. The number of hydrogen-bond donors (Lipinski definition) is 1. The molecule has 0 spiro atoms. The lowest BCUT2D eigenvalue weighted by Gasteiger charge is -2.23. The highest BCUT2D eigenvalue weighted by molar-refractivity contribution is 6.30. The van der Waals surface area contributed by atoms with Crippen LogP contribution in [-0.2, 0) is 16.0 Å². The van der Waals surface area contributed by atoms with Crippen molar-refractivity contribution in [3.8, 4) is 0 Å². The van der Waals surface area contributed by atoms with Gasteiger partial charge in [0.25, 0.3) is 0 Å². The minimum Gasteiger partial charge on any atom is -0.444 e. The molecule has 2 heterocycles. The highest BCUT2D eigenvalue weighted by atomic mass is 35.5. The summed E-state index contributed by atoms with van der Waals surface area (Å²) in [5.74, 6) is 0. The van der Waals surface area contributed by atoms with Crippen LogP contribution >= 0.6 is 11.6 Å². The third-order valence-electron chi connectivity index (χ3n) is 3.21. The number of furan rings is 1. The van der Waals surface area contributed by atoms with Crippen molar-refractivity contribution >= 4 is 22.6 Å². The zero-order valence-electron chi connectivity index (χ0n) is 10.5.